The highest BCUT2D eigenvalue weighted by Gasteiger charge is 2.35. The first-order valence-electron chi connectivity index (χ1n) is 5.98. The summed E-state index contributed by atoms with van der Waals surface area (Å²) in [6.45, 7) is 6.49. The summed E-state index contributed by atoms with van der Waals surface area (Å²) < 4.78 is 5.65. The average molecular weight is 237 g/mol. The van der Waals surface area contributed by atoms with Crippen LogP contribution in [0.3, 0.4) is 0 Å². The molecule has 1 aliphatic heterocycles. The molecule has 5 nitrogen and oxygen atoms in total. The number of hydrogen-bond acceptors (Lipinski definition) is 4. The third-order valence-electron chi connectivity index (χ3n) is 3.28. The van der Waals surface area contributed by atoms with Crippen molar-refractivity contribution in [2.45, 2.75) is 45.1 Å². The van der Waals surface area contributed by atoms with Crippen LogP contribution >= 0.6 is 0 Å². The summed E-state index contributed by atoms with van der Waals surface area (Å²) in [6, 6.07) is 0. The van der Waals surface area contributed by atoms with E-state index in [1.54, 1.807) is 0 Å². The molecule has 0 bridgehead atoms. The first-order chi connectivity index (χ1) is 7.94. The minimum Gasteiger partial charge on any atom is -0.383 e. The van der Waals surface area contributed by atoms with Crippen LogP contribution in [-0.2, 0) is 10.3 Å². The van der Waals surface area contributed by atoms with E-state index >= 15 is 0 Å². The molecule has 1 aromatic rings. The zero-order chi connectivity index (χ0) is 12.6. The van der Waals surface area contributed by atoms with Gasteiger partial charge in [-0.25, -0.2) is 4.98 Å². The van der Waals surface area contributed by atoms with Crippen LogP contribution in [0.25, 0.3) is 0 Å². The molecule has 1 unspecified atom stereocenters. The fourth-order valence-corrected chi connectivity index (χ4v) is 2.27. The number of ether oxygens (including phenoxy) is 1. The third kappa shape index (κ3) is 2.07. The van der Waals surface area contributed by atoms with Gasteiger partial charge in [0, 0.05) is 6.61 Å². The van der Waals surface area contributed by atoms with E-state index in [2.05, 4.69) is 9.97 Å². The van der Waals surface area contributed by atoms with Crippen molar-refractivity contribution >= 4 is 5.82 Å². The summed E-state index contributed by atoms with van der Waals surface area (Å²) in [5, 5.41) is 0. The van der Waals surface area contributed by atoms with E-state index in [0.29, 0.717) is 23.8 Å². The molecule has 0 saturated carbocycles. The molecule has 94 valence electrons. The van der Waals surface area contributed by atoms with Gasteiger partial charge < -0.3 is 15.5 Å². The van der Waals surface area contributed by atoms with Crippen LogP contribution in [0.15, 0.2) is 4.79 Å². The third-order valence-corrected chi connectivity index (χ3v) is 3.28. The number of aromatic nitrogens is 2. The van der Waals surface area contributed by atoms with E-state index in [0.717, 1.165) is 12.8 Å². The zero-order valence-electron chi connectivity index (χ0n) is 10.5. The molecule has 1 aliphatic rings. The van der Waals surface area contributed by atoms with E-state index in [-0.39, 0.29) is 11.5 Å². The van der Waals surface area contributed by atoms with E-state index in [1.807, 2.05) is 20.8 Å². The van der Waals surface area contributed by atoms with Crippen molar-refractivity contribution in [1.29, 1.82) is 0 Å². The first-order valence-corrected chi connectivity index (χ1v) is 5.98. The fourth-order valence-electron chi connectivity index (χ4n) is 2.27. The summed E-state index contributed by atoms with van der Waals surface area (Å²) in [5.74, 6) is 0.926. The molecule has 0 aromatic carbocycles. The van der Waals surface area contributed by atoms with E-state index in [1.165, 1.54) is 0 Å². The lowest BCUT2D eigenvalue weighted by atomic mass is 10.0. The Labute approximate surface area is 100 Å². The molecule has 1 fully saturated rings. The molecule has 3 N–H and O–H groups in total. The van der Waals surface area contributed by atoms with Crippen LogP contribution in [0.1, 0.15) is 50.9 Å². The molecule has 0 amide bonds. The minimum atomic E-state index is -0.497. The maximum absolute atomic E-state index is 12.0. The Balaban J connectivity index is 2.49. The Hall–Kier alpha value is -1.36. The second-order valence-corrected chi connectivity index (χ2v) is 5.05. The first kappa shape index (κ1) is 12.1. The van der Waals surface area contributed by atoms with Crippen molar-refractivity contribution in [2.24, 2.45) is 0 Å². The van der Waals surface area contributed by atoms with Crippen LogP contribution in [-0.4, -0.2) is 16.6 Å². The molecule has 0 aliphatic carbocycles. The normalized spacial score (nSPS) is 24.5. The molecule has 2 rings (SSSR count). The molecule has 0 spiro atoms. The van der Waals surface area contributed by atoms with E-state index in [4.69, 9.17) is 10.5 Å². The van der Waals surface area contributed by atoms with Gasteiger partial charge in [-0.05, 0) is 25.7 Å². The van der Waals surface area contributed by atoms with Crippen LogP contribution in [0.4, 0.5) is 5.82 Å². The number of nitrogens with two attached hydrogens (primary N) is 1. The Bertz CT molecular complexity index is 473. The summed E-state index contributed by atoms with van der Waals surface area (Å²) in [6.07, 6.45) is 1.84. The highest BCUT2D eigenvalue weighted by Crippen LogP contribution is 2.33. The maximum atomic E-state index is 12.0. The van der Waals surface area contributed by atoms with Crippen molar-refractivity contribution < 1.29 is 4.74 Å². The quantitative estimate of drug-likeness (QED) is 0.816. The molecule has 0 radical (unpaired) electrons. The molecule has 2 heterocycles. The van der Waals surface area contributed by atoms with Gasteiger partial charge in [0.1, 0.15) is 17.2 Å². The van der Waals surface area contributed by atoms with Gasteiger partial charge in [0.25, 0.3) is 5.56 Å². The topological polar surface area (TPSA) is 81.0 Å². The molecular weight excluding hydrogens is 218 g/mol. The van der Waals surface area contributed by atoms with Crippen LogP contribution in [0.2, 0.25) is 0 Å². The number of nitrogens with one attached hydrogen (secondary N) is 1. The fraction of sp³-hybridized carbons (Fsp3) is 0.667. The lowest BCUT2D eigenvalue weighted by Crippen LogP contribution is -2.30. The molecule has 17 heavy (non-hydrogen) atoms. The van der Waals surface area contributed by atoms with Gasteiger partial charge in [0.05, 0.1) is 5.56 Å². The molecular formula is C12H19N3O2. The van der Waals surface area contributed by atoms with Crippen LogP contribution in [0, 0.1) is 0 Å². The van der Waals surface area contributed by atoms with Crippen molar-refractivity contribution in [3.63, 3.8) is 0 Å². The monoisotopic (exact) mass is 237 g/mol. The number of hydrogen-bond donors (Lipinski definition) is 2. The average Bonchev–Trinajstić information content (AvgIpc) is 2.64. The smallest absolute Gasteiger partial charge is 0.256 e. The predicted octanol–water partition coefficient (Wildman–Crippen LogP) is 1.50. The number of aromatic amines is 1. The Kier molecular flexibility index (Phi) is 2.95. The van der Waals surface area contributed by atoms with Crippen molar-refractivity contribution in [3.05, 3.63) is 21.7 Å². The van der Waals surface area contributed by atoms with Gasteiger partial charge in [-0.1, -0.05) is 13.8 Å². The number of nitrogen functional groups attached to an aromatic ring is 1. The van der Waals surface area contributed by atoms with Crippen LogP contribution < -0.4 is 11.3 Å². The summed E-state index contributed by atoms with van der Waals surface area (Å²) >= 11 is 0. The van der Waals surface area contributed by atoms with Crippen molar-refractivity contribution in [1.82, 2.24) is 9.97 Å². The van der Waals surface area contributed by atoms with Gasteiger partial charge >= 0.3 is 0 Å². The molecule has 1 atom stereocenters. The number of nitrogens with zero attached hydrogens (tertiary/aromatic N) is 1. The van der Waals surface area contributed by atoms with Gasteiger partial charge in [-0.2, -0.15) is 0 Å². The van der Waals surface area contributed by atoms with Gasteiger partial charge in [0.2, 0.25) is 0 Å². The second-order valence-electron chi connectivity index (χ2n) is 5.05. The van der Waals surface area contributed by atoms with Crippen molar-refractivity contribution in [2.75, 3.05) is 12.3 Å². The second kappa shape index (κ2) is 4.14. The van der Waals surface area contributed by atoms with Gasteiger partial charge in [0.15, 0.2) is 0 Å². The van der Waals surface area contributed by atoms with Gasteiger partial charge in [-0.15, -0.1) is 0 Å². The Morgan fingerprint density at radius 1 is 1.53 bits per heavy atom. The summed E-state index contributed by atoms with van der Waals surface area (Å²) in [4.78, 5) is 19.1. The lowest BCUT2D eigenvalue weighted by molar-refractivity contribution is 0.00921. The standard InChI is InChI=1S/C12H19N3O2/c1-7(2)8-9(13)14-11(15-10(8)16)12(3)5-4-6-17-12/h7H,4-6H2,1-3H3,(H3,13,14,15,16). The highest BCUT2D eigenvalue weighted by atomic mass is 16.5. The van der Waals surface area contributed by atoms with Crippen molar-refractivity contribution in [3.8, 4) is 0 Å². The summed E-state index contributed by atoms with van der Waals surface area (Å²) in [7, 11) is 0. The SMILES string of the molecule is CC(C)c1c(N)nc(C2(C)CCCO2)[nH]c1=O. The zero-order valence-corrected chi connectivity index (χ0v) is 10.5. The molecule has 1 aromatic heterocycles. The molecule has 1 saturated heterocycles. The largest absolute Gasteiger partial charge is 0.383 e. The number of rotatable bonds is 2. The van der Waals surface area contributed by atoms with Gasteiger partial charge in [-0.3, -0.25) is 4.79 Å². The number of anilines is 1. The van der Waals surface area contributed by atoms with E-state index in [9.17, 15) is 4.79 Å². The van der Waals surface area contributed by atoms with Crippen LogP contribution in [0.5, 0.6) is 0 Å². The maximum Gasteiger partial charge on any atom is 0.256 e. The Morgan fingerprint density at radius 3 is 2.71 bits per heavy atom. The van der Waals surface area contributed by atoms with E-state index < -0.39 is 5.60 Å². The predicted molar refractivity (Wildman–Crippen MR) is 65.9 cm³/mol. The summed E-state index contributed by atoms with van der Waals surface area (Å²) in [5.41, 5.74) is 5.76. The number of H-pyrrole nitrogens is 1. The highest BCUT2D eigenvalue weighted by molar-refractivity contribution is 5.40. The Morgan fingerprint density at radius 2 is 2.24 bits per heavy atom. The minimum absolute atomic E-state index is 0.0672. The lowest BCUT2D eigenvalue weighted by Gasteiger charge is -2.22. The molecule has 5 heteroatoms.